The van der Waals surface area contributed by atoms with Gasteiger partial charge in [-0.05, 0) is 17.7 Å². The molecule has 0 aliphatic rings. The summed E-state index contributed by atoms with van der Waals surface area (Å²) >= 11 is 0. The van der Waals surface area contributed by atoms with Gasteiger partial charge < -0.3 is 19.6 Å². The molecule has 1 aromatic heterocycles. The maximum atomic E-state index is 10.9. The highest BCUT2D eigenvalue weighted by molar-refractivity contribution is 7.70. The van der Waals surface area contributed by atoms with Gasteiger partial charge in [-0.3, -0.25) is 19.4 Å². The molecule has 0 fully saturated rings. The van der Waals surface area contributed by atoms with Crippen LogP contribution in [0.3, 0.4) is 0 Å². The summed E-state index contributed by atoms with van der Waals surface area (Å²) in [4.78, 5) is 39.1. The number of aromatic nitrogens is 1. The van der Waals surface area contributed by atoms with Crippen LogP contribution in [0.2, 0.25) is 0 Å². The third-order valence-electron chi connectivity index (χ3n) is 1.88. The molecule has 0 unspecified atom stereocenters. The van der Waals surface area contributed by atoms with E-state index in [1.807, 2.05) is 0 Å². The second kappa shape index (κ2) is 5.37. The lowest BCUT2D eigenvalue weighted by Crippen LogP contribution is -2.28. The third-order valence-corrected chi connectivity index (χ3v) is 5.32. The average molecular weight is 282 g/mol. The molecule has 8 nitrogen and oxygen atoms in total. The van der Waals surface area contributed by atoms with Crippen LogP contribution >= 0.6 is 15.2 Å². The van der Waals surface area contributed by atoms with Gasteiger partial charge in [0, 0.05) is 18.9 Å². The Hall–Kier alpha value is -0.590. The smallest absolute Gasteiger partial charge is 0.323 e. The Bertz CT molecular complexity index is 433. The summed E-state index contributed by atoms with van der Waals surface area (Å²) in [6.07, 6.45) is 2.92. The van der Waals surface area contributed by atoms with Gasteiger partial charge in [0.1, 0.15) is 0 Å². The van der Waals surface area contributed by atoms with E-state index in [4.69, 9.17) is 19.6 Å². The predicted molar refractivity (Wildman–Crippen MR) is 59.0 cm³/mol. The Labute approximate surface area is 97.0 Å². The lowest BCUT2D eigenvalue weighted by molar-refractivity contribution is 0.327. The third kappa shape index (κ3) is 4.65. The van der Waals surface area contributed by atoms with Crippen molar-refractivity contribution in [2.24, 2.45) is 0 Å². The zero-order chi connectivity index (χ0) is 13.1. The molecule has 5 N–H and O–H groups in total. The molecule has 0 radical (unpaired) electrons. The summed E-state index contributed by atoms with van der Waals surface area (Å²) in [6.45, 7) is -0.0800. The number of hydrogen-bond acceptors (Lipinski definition) is 4. The average Bonchev–Trinajstić information content (AvgIpc) is 2.15. The largest absolute Gasteiger partial charge is 0.354 e. The molecule has 0 aliphatic heterocycles. The van der Waals surface area contributed by atoms with Crippen LogP contribution in [0.5, 0.6) is 0 Å². The molecule has 1 rings (SSSR count). The quantitative estimate of drug-likeness (QED) is 0.468. The Kier molecular flexibility index (Phi) is 4.57. The molecule has 96 valence electrons. The molecule has 0 aliphatic carbocycles. The zero-order valence-electron chi connectivity index (χ0n) is 8.54. The van der Waals surface area contributed by atoms with Gasteiger partial charge in [0.15, 0.2) is 0 Å². The summed E-state index contributed by atoms with van der Waals surface area (Å²) in [5, 5.41) is 2.16. The van der Waals surface area contributed by atoms with Crippen molar-refractivity contribution in [2.75, 3.05) is 0 Å². The van der Waals surface area contributed by atoms with Crippen LogP contribution < -0.4 is 5.32 Å². The molecule has 0 amide bonds. The molecule has 0 aromatic carbocycles. The normalized spacial score (nSPS) is 13.0. The van der Waals surface area contributed by atoms with E-state index in [1.54, 1.807) is 12.1 Å². The van der Waals surface area contributed by atoms with Crippen LogP contribution in [0.25, 0.3) is 0 Å². The van der Waals surface area contributed by atoms with Crippen molar-refractivity contribution < 1.29 is 28.7 Å². The Morgan fingerprint density at radius 3 is 2.00 bits per heavy atom. The minimum atomic E-state index is -4.92. The second-order valence-electron chi connectivity index (χ2n) is 3.29. The van der Waals surface area contributed by atoms with Crippen molar-refractivity contribution in [1.29, 1.82) is 0 Å². The van der Waals surface area contributed by atoms with Crippen molar-refractivity contribution in [3.8, 4) is 0 Å². The lowest BCUT2D eigenvalue weighted by Gasteiger charge is -2.20. The van der Waals surface area contributed by atoms with Gasteiger partial charge in [-0.15, -0.1) is 0 Å². The summed E-state index contributed by atoms with van der Waals surface area (Å²) in [6, 6.07) is 3.12. The molecule has 17 heavy (non-hydrogen) atoms. The van der Waals surface area contributed by atoms with Crippen LogP contribution in [-0.2, 0) is 15.7 Å². The molecule has 10 heteroatoms. The van der Waals surface area contributed by atoms with Crippen LogP contribution in [-0.4, -0.2) is 30.1 Å². The van der Waals surface area contributed by atoms with Crippen molar-refractivity contribution in [1.82, 2.24) is 10.3 Å². The minimum Gasteiger partial charge on any atom is -0.323 e. The van der Waals surface area contributed by atoms with Crippen LogP contribution in [0, 0.1) is 0 Å². The highest BCUT2D eigenvalue weighted by atomic mass is 31.2. The number of nitrogens with zero attached hydrogens (tertiary/aromatic N) is 1. The fraction of sp³-hybridized carbons (Fsp3) is 0.286. The summed E-state index contributed by atoms with van der Waals surface area (Å²) in [5.74, 6) is 0. The summed E-state index contributed by atoms with van der Waals surface area (Å²) in [7, 11) is -9.85. The van der Waals surface area contributed by atoms with Crippen LogP contribution in [0.15, 0.2) is 24.5 Å². The van der Waals surface area contributed by atoms with E-state index < -0.39 is 20.7 Å². The number of nitrogens with one attached hydrogen (secondary N) is 1. The summed E-state index contributed by atoms with van der Waals surface area (Å²) in [5.41, 5.74) is -1.59. The SMILES string of the molecule is O=P(O)(O)C(NCc1ccncc1)P(=O)(O)O. The van der Waals surface area contributed by atoms with Crippen LogP contribution in [0.1, 0.15) is 5.56 Å². The first-order chi connectivity index (χ1) is 7.71. The van der Waals surface area contributed by atoms with Gasteiger partial charge in [0.05, 0.1) is 0 Å². The number of hydrogen-bond donors (Lipinski definition) is 5. The molecule has 0 saturated carbocycles. The van der Waals surface area contributed by atoms with Crippen molar-refractivity contribution in [3.05, 3.63) is 30.1 Å². The standard InChI is InChI=1S/C7H12N2O6P2/c10-16(11,12)7(17(13,14)15)9-5-6-1-3-8-4-2-6/h1-4,7,9H,5H2,(H2,10,11,12)(H2,13,14,15). The minimum absolute atomic E-state index is 0.0800. The van der Waals surface area contributed by atoms with E-state index in [0.717, 1.165) is 0 Å². The predicted octanol–water partition coefficient (Wildman–Crippen LogP) is -0.190. The van der Waals surface area contributed by atoms with Gasteiger partial charge in [-0.1, -0.05) is 0 Å². The maximum Gasteiger partial charge on any atom is 0.354 e. The second-order valence-corrected chi connectivity index (χ2v) is 7.08. The molecular weight excluding hydrogens is 270 g/mol. The molecular formula is C7H12N2O6P2. The number of rotatable bonds is 5. The van der Waals surface area contributed by atoms with Gasteiger partial charge in [0.25, 0.3) is 0 Å². The van der Waals surface area contributed by atoms with E-state index in [9.17, 15) is 9.13 Å². The first-order valence-electron chi connectivity index (χ1n) is 4.44. The van der Waals surface area contributed by atoms with Crippen molar-refractivity contribution >= 4 is 15.2 Å². The highest BCUT2D eigenvalue weighted by Crippen LogP contribution is 2.58. The monoisotopic (exact) mass is 282 g/mol. The van der Waals surface area contributed by atoms with Gasteiger partial charge in [-0.2, -0.15) is 0 Å². The van der Waals surface area contributed by atoms with E-state index in [-0.39, 0.29) is 6.54 Å². The van der Waals surface area contributed by atoms with Crippen LogP contribution in [0.4, 0.5) is 0 Å². The van der Waals surface area contributed by atoms with E-state index >= 15 is 0 Å². The Balaban J connectivity index is 2.77. The first-order valence-corrected chi connectivity index (χ1v) is 7.80. The lowest BCUT2D eigenvalue weighted by atomic mass is 10.3. The first kappa shape index (κ1) is 14.5. The van der Waals surface area contributed by atoms with E-state index in [1.165, 1.54) is 12.4 Å². The molecule has 0 atom stereocenters. The van der Waals surface area contributed by atoms with E-state index in [0.29, 0.717) is 5.56 Å². The van der Waals surface area contributed by atoms with Gasteiger partial charge in [0.2, 0.25) is 5.52 Å². The maximum absolute atomic E-state index is 10.9. The highest BCUT2D eigenvalue weighted by Gasteiger charge is 2.42. The Morgan fingerprint density at radius 1 is 1.12 bits per heavy atom. The van der Waals surface area contributed by atoms with Gasteiger partial charge >= 0.3 is 15.2 Å². The molecule has 0 saturated heterocycles. The van der Waals surface area contributed by atoms with Crippen molar-refractivity contribution in [2.45, 2.75) is 12.1 Å². The fourth-order valence-corrected chi connectivity index (χ4v) is 3.37. The topological polar surface area (TPSA) is 140 Å². The molecule has 1 aromatic rings. The summed E-state index contributed by atoms with van der Waals surface area (Å²) < 4.78 is 21.9. The molecule has 1 heterocycles. The van der Waals surface area contributed by atoms with E-state index in [2.05, 4.69) is 10.3 Å². The van der Waals surface area contributed by atoms with Gasteiger partial charge in [-0.25, -0.2) is 0 Å². The van der Waals surface area contributed by atoms with Crippen molar-refractivity contribution in [3.63, 3.8) is 0 Å². The molecule has 0 spiro atoms. The fourth-order valence-electron chi connectivity index (χ4n) is 1.14. The number of pyridine rings is 1. The Morgan fingerprint density at radius 2 is 1.59 bits per heavy atom. The molecule has 0 bridgehead atoms. The zero-order valence-corrected chi connectivity index (χ0v) is 10.3.